The highest BCUT2D eigenvalue weighted by molar-refractivity contribution is 5.90. The summed E-state index contributed by atoms with van der Waals surface area (Å²) in [5.74, 6) is 0.421. The molecule has 0 spiro atoms. The Morgan fingerprint density at radius 1 is 0.778 bits per heavy atom. The maximum absolute atomic E-state index is 11.9. The number of nitrogens with zero attached hydrogens (tertiary/aromatic N) is 4. The quantitative estimate of drug-likeness (QED) is 0.426. The van der Waals surface area contributed by atoms with E-state index in [4.69, 9.17) is 14.2 Å². The predicted octanol–water partition coefficient (Wildman–Crippen LogP) is 3.55. The highest BCUT2D eigenvalue weighted by Gasteiger charge is 2.17. The maximum atomic E-state index is 11.9. The van der Waals surface area contributed by atoms with E-state index in [2.05, 4.69) is 25.6 Å². The molecule has 2 aromatic carbocycles. The van der Waals surface area contributed by atoms with Gasteiger partial charge < -0.3 is 29.7 Å². The molecule has 0 saturated carbocycles. The lowest BCUT2D eigenvalue weighted by Crippen LogP contribution is -2.37. The van der Waals surface area contributed by atoms with Gasteiger partial charge in [-0.25, -0.2) is 9.59 Å². The number of hydrogen-bond acceptors (Lipinski definition) is 11. The molecule has 1 saturated heterocycles. The second-order valence-electron chi connectivity index (χ2n) is 7.73. The summed E-state index contributed by atoms with van der Waals surface area (Å²) in [5, 5.41) is 6.34. The van der Waals surface area contributed by atoms with Crippen LogP contribution in [0.4, 0.5) is 29.2 Å². The summed E-state index contributed by atoms with van der Waals surface area (Å²) in [6.45, 7) is 6.65. The third-order valence-electron chi connectivity index (χ3n) is 5.22. The topological polar surface area (TPSA) is 128 Å². The fraction of sp³-hybridized carbons (Fsp3) is 0.320. The molecular weight excluding hydrogens is 464 g/mol. The third kappa shape index (κ3) is 6.45. The first kappa shape index (κ1) is 24.9. The molecule has 1 aliphatic rings. The minimum atomic E-state index is -0.376. The van der Waals surface area contributed by atoms with Crippen molar-refractivity contribution in [2.45, 2.75) is 13.8 Å². The van der Waals surface area contributed by atoms with E-state index in [-0.39, 0.29) is 11.9 Å². The van der Waals surface area contributed by atoms with E-state index in [0.29, 0.717) is 79.9 Å². The summed E-state index contributed by atoms with van der Waals surface area (Å²) >= 11 is 0. The lowest BCUT2D eigenvalue weighted by molar-refractivity contribution is 0.0517. The molecule has 11 nitrogen and oxygen atoms in total. The van der Waals surface area contributed by atoms with Crippen LogP contribution in [-0.4, -0.2) is 66.4 Å². The second kappa shape index (κ2) is 11.9. The molecule has 188 valence electrons. The van der Waals surface area contributed by atoms with E-state index in [1.165, 1.54) is 0 Å². The molecule has 0 aliphatic carbocycles. The van der Waals surface area contributed by atoms with Crippen LogP contribution in [0, 0.1) is 0 Å². The zero-order valence-corrected chi connectivity index (χ0v) is 20.2. The van der Waals surface area contributed by atoms with Gasteiger partial charge in [0.1, 0.15) is 0 Å². The number of nitrogens with one attached hydrogen (secondary N) is 2. The number of carbonyl (C=O) groups is 2. The molecule has 3 aromatic rings. The van der Waals surface area contributed by atoms with E-state index < -0.39 is 0 Å². The molecule has 0 unspecified atom stereocenters. The molecule has 1 aromatic heterocycles. The van der Waals surface area contributed by atoms with Crippen LogP contribution in [0.25, 0.3) is 0 Å². The Morgan fingerprint density at radius 2 is 1.22 bits per heavy atom. The average molecular weight is 493 g/mol. The SMILES string of the molecule is CCOC(=O)c1ccc(Nc2nc(Nc3ccc(C(=O)OCC)cc3)nc(N3CCOCC3)n2)cc1. The molecule has 0 bridgehead atoms. The Morgan fingerprint density at radius 3 is 1.64 bits per heavy atom. The Bertz CT molecular complexity index is 1100. The number of carbonyl (C=O) groups excluding carboxylic acids is 2. The smallest absolute Gasteiger partial charge is 0.338 e. The first-order valence-corrected chi connectivity index (χ1v) is 11.7. The van der Waals surface area contributed by atoms with Gasteiger partial charge in [0.2, 0.25) is 17.8 Å². The van der Waals surface area contributed by atoms with Crippen LogP contribution in [0.5, 0.6) is 0 Å². The van der Waals surface area contributed by atoms with E-state index in [1.54, 1.807) is 62.4 Å². The van der Waals surface area contributed by atoms with Crippen molar-refractivity contribution in [1.29, 1.82) is 0 Å². The van der Waals surface area contributed by atoms with Gasteiger partial charge in [-0.3, -0.25) is 0 Å². The fourth-order valence-electron chi connectivity index (χ4n) is 3.45. The Labute approximate surface area is 208 Å². The Kier molecular flexibility index (Phi) is 8.24. The molecule has 1 aliphatic heterocycles. The van der Waals surface area contributed by atoms with Crippen LogP contribution in [-0.2, 0) is 14.2 Å². The number of esters is 2. The van der Waals surface area contributed by atoms with Crippen molar-refractivity contribution in [3.8, 4) is 0 Å². The summed E-state index contributed by atoms with van der Waals surface area (Å²) in [6, 6.07) is 13.7. The normalized spacial score (nSPS) is 13.1. The molecule has 0 atom stereocenters. The number of hydrogen-bond donors (Lipinski definition) is 2. The monoisotopic (exact) mass is 492 g/mol. The summed E-state index contributed by atoms with van der Waals surface area (Å²) in [6.07, 6.45) is 0. The van der Waals surface area contributed by atoms with E-state index >= 15 is 0 Å². The predicted molar refractivity (Wildman–Crippen MR) is 134 cm³/mol. The van der Waals surface area contributed by atoms with Gasteiger partial charge in [-0.2, -0.15) is 15.0 Å². The summed E-state index contributed by atoms with van der Waals surface area (Å²) in [4.78, 5) is 39.5. The number of aromatic nitrogens is 3. The molecule has 2 N–H and O–H groups in total. The van der Waals surface area contributed by atoms with Crippen LogP contribution in [0.3, 0.4) is 0 Å². The van der Waals surface area contributed by atoms with Gasteiger partial charge in [-0.1, -0.05) is 0 Å². The van der Waals surface area contributed by atoms with Crippen molar-refractivity contribution >= 4 is 41.2 Å². The lowest BCUT2D eigenvalue weighted by Gasteiger charge is -2.27. The van der Waals surface area contributed by atoms with Gasteiger partial charge in [0.15, 0.2) is 0 Å². The molecule has 4 rings (SSSR count). The third-order valence-corrected chi connectivity index (χ3v) is 5.22. The molecular formula is C25H28N6O5. The van der Waals surface area contributed by atoms with Crippen molar-refractivity contribution in [2.75, 3.05) is 55.1 Å². The largest absolute Gasteiger partial charge is 0.462 e. The van der Waals surface area contributed by atoms with Crippen LogP contribution >= 0.6 is 0 Å². The molecule has 1 fully saturated rings. The van der Waals surface area contributed by atoms with Crippen molar-refractivity contribution in [2.24, 2.45) is 0 Å². The van der Waals surface area contributed by atoms with Crippen molar-refractivity contribution < 1.29 is 23.8 Å². The Hall–Kier alpha value is -4.25. The van der Waals surface area contributed by atoms with Crippen molar-refractivity contribution in [1.82, 2.24) is 15.0 Å². The number of anilines is 5. The van der Waals surface area contributed by atoms with Gasteiger partial charge in [-0.05, 0) is 62.4 Å². The van der Waals surface area contributed by atoms with Crippen LogP contribution in [0.15, 0.2) is 48.5 Å². The van der Waals surface area contributed by atoms with Gasteiger partial charge in [-0.15, -0.1) is 0 Å². The average Bonchev–Trinajstić information content (AvgIpc) is 2.90. The van der Waals surface area contributed by atoms with Gasteiger partial charge in [0, 0.05) is 24.5 Å². The highest BCUT2D eigenvalue weighted by Crippen LogP contribution is 2.22. The fourth-order valence-corrected chi connectivity index (χ4v) is 3.45. The van der Waals surface area contributed by atoms with Gasteiger partial charge in [0.25, 0.3) is 0 Å². The highest BCUT2D eigenvalue weighted by atomic mass is 16.5. The summed E-state index contributed by atoms with van der Waals surface area (Å²) in [7, 11) is 0. The molecule has 36 heavy (non-hydrogen) atoms. The molecule has 0 radical (unpaired) electrons. The van der Waals surface area contributed by atoms with E-state index in [0.717, 1.165) is 0 Å². The van der Waals surface area contributed by atoms with E-state index in [1.807, 2.05) is 4.90 Å². The van der Waals surface area contributed by atoms with Gasteiger partial charge >= 0.3 is 11.9 Å². The van der Waals surface area contributed by atoms with Crippen LogP contribution in [0.2, 0.25) is 0 Å². The number of benzene rings is 2. The maximum Gasteiger partial charge on any atom is 0.338 e. The molecule has 11 heteroatoms. The zero-order chi connectivity index (χ0) is 25.3. The van der Waals surface area contributed by atoms with E-state index in [9.17, 15) is 9.59 Å². The van der Waals surface area contributed by atoms with Crippen molar-refractivity contribution in [3.63, 3.8) is 0 Å². The molecule has 2 heterocycles. The second-order valence-corrected chi connectivity index (χ2v) is 7.73. The summed E-state index contributed by atoms with van der Waals surface area (Å²) in [5.41, 5.74) is 2.32. The standard InChI is InChI=1S/C25H28N6O5/c1-3-35-21(32)17-5-9-19(10-6-17)26-23-28-24(30-25(29-23)31-13-15-34-16-14-31)27-20-11-7-18(8-12-20)22(33)36-4-2/h5-12H,3-4,13-16H2,1-2H3,(H2,26,27,28,29,30). The number of rotatable bonds is 9. The number of morpholine rings is 1. The van der Waals surface area contributed by atoms with Crippen molar-refractivity contribution in [3.05, 3.63) is 59.7 Å². The minimum Gasteiger partial charge on any atom is -0.462 e. The Balaban J connectivity index is 1.55. The molecule has 0 amide bonds. The van der Waals surface area contributed by atoms with Crippen LogP contribution in [0.1, 0.15) is 34.6 Å². The van der Waals surface area contributed by atoms with Crippen LogP contribution < -0.4 is 15.5 Å². The zero-order valence-electron chi connectivity index (χ0n) is 20.2. The first-order valence-electron chi connectivity index (χ1n) is 11.7. The lowest BCUT2D eigenvalue weighted by atomic mass is 10.2. The summed E-state index contributed by atoms with van der Waals surface area (Å²) < 4.78 is 15.5. The first-order chi connectivity index (χ1) is 17.6. The van der Waals surface area contributed by atoms with Gasteiger partial charge in [0.05, 0.1) is 37.6 Å². The number of ether oxygens (including phenoxy) is 3. The minimum absolute atomic E-state index is 0.315.